The number of halogens is 1. The van der Waals surface area contributed by atoms with E-state index in [0.717, 1.165) is 5.56 Å². The molecule has 0 radical (unpaired) electrons. The quantitative estimate of drug-likeness (QED) is 0.746. The van der Waals surface area contributed by atoms with Crippen LogP contribution in [0.25, 0.3) is 0 Å². The van der Waals surface area contributed by atoms with Gasteiger partial charge in [-0.2, -0.15) is 0 Å². The Labute approximate surface area is 144 Å². The summed E-state index contributed by atoms with van der Waals surface area (Å²) in [6.45, 7) is 2.40. The zero-order chi connectivity index (χ0) is 16.7. The molecule has 4 nitrogen and oxygen atoms in total. The van der Waals surface area contributed by atoms with Gasteiger partial charge < -0.3 is 10.6 Å². The molecule has 0 bridgehead atoms. The van der Waals surface area contributed by atoms with Crippen molar-refractivity contribution in [2.75, 3.05) is 6.54 Å². The fourth-order valence-corrected chi connectivity index (χ4v) is 2.96. The molecule has 0 spiro atoms. The summed E-state index contributed by atoms with van der Waals surface area (Å²) in [5.41, 5.74) is 0.969. The maximum atomic E-state index is 11.9. The second-order valence-corrected chi connectivity index (χ2v) is 6.57. The number of hydrogen-bond donors (Lipinski definition) is 2. The van der Waals surface area contributed by atoms with E-state index in [1.807, 2.05) is 36.6 Å². The average Bonchev–Trinajstić information content (AvgIpc) is 3.06. The molecule has 122 valence electrons. The van der Waals surface area contributed by atoms with Crippen molar-refractivity contribution in [2.24, 2.45) is 0 Å². The lowest BCUT2D eigenvalue weighted by atomic mass is 10.1. The zero-order valence-electron chi connectivity index (χ0n) is 12.8. The molecule has 1 heterocycles. The van der Waals surface area contributed by atoms with Crippen molar-refractivity contribution in [2.45, 2.75) is 25.8 Å². The Bertz CT molecular complexity index is 658. The van der Waals surface area contributed by atoms with Crippen LogP contribution in [0.4, 0.5) is 0 Å². The summed E-state index contributed by atoms with van der Waals surface area (Å²) in [6, 6.07) is 11.0. The van der Waals surface area contributed by atoms with Crippen LogP contribution in [0.5, 0.6) is 0 Å². The van der Waals surface area contributed by atoms with Crippen LogP contribution in [0.3, 0.4) is 0 Å². The molecule has 1 unspecified atom stereocenters. The molecule has 23 heavy (non-hydrogen) atoms. The summed E-state index contributed by atoms with van der Waals surface area (Å²) in [6.07, 6.45) is 0.973. The summed E-state index contributed by atoms with van der Waals surface area (Å²) >= 11 is 7.35. The van der Waals surface area contributed by atoms with Crippen molar-refractivity contribution in [3.8, 4) is 0 Å². The van der Waals surface area contributed by atoms with Gasteiger partial charge in [0.15, 0.2) is 0 Å². The minimum absolute atomic E-state index is 0.0390. The van der Waals surface area contributed by atoms with Gasteiger partial charge in [0, 0.05) is 18.0 Å². The monoisotopic (exact) mass is 350 g/mol. The first-order valence-electron chi connectivity index (χ1n) is 7.43. The van der Waals surface area contributed by atoms with Crippen LogP contribution in [-0.2, 0) is 4.79 Å². The van der Waals surface area contributed by atoms with Crippen molar-refractivity contribution in [1.82, 2.24) is 10.6 Å². The molecule has 1 atom stereocenters. The van der Waals surface area contributed by atoms with Crippen LogP contribution in [0.15, 0.2) is 41.8 Å². The number of nitrogens with one attached hydrogen (secondary N) is 2. The van der Waals surface area contributed by atoms with Crippen molar-refractivity contribution in [3.05, 3.63) is 57.2 Å². The van der Waals surface area contributed by atoms with E-state index in [4.69, 9.17) is 11.6 Å². The Hall–Kier alpha value is -1.85. The number of amides is 2. The van der Waals surface area contributed by atoms with Crippen LogP contribution in [0.1, 0.15) is 41.0 Å². The first-order valence-corrected chi connectivity index (χ1v) is 8.68. The van der Waals surface area contributed by atoms with E-state index in [1.54, 1.807) is 12.1 Å². The molecule has 1 aromatic heterocycles. The Kier molecular flexibility index (Phi) is 6.62. The lowest BCUT2D eigenvalue weighted by Gasteiger charge is -2.14. The molecule has 0 aliphatic heterocycles. The van der Waals surface area contributed by atoms with Crippen molar-refractivity contribution in [3.63, 3.8) is 0 Å². The molecule has 0 aliphatic carbocycles. The first-order chi connectivity index (χ1) is 11.1. The lowest BCUT2D eigenvalue weighted by molar-refractivity contribution is -0.121. The van der Waals surface area contributed by atoms with Crippen LogP contribution in [0.2, 0.25) is 5.02 Å². The van der Waals surface area contributed by atoms with Gasteiger partial charge in [-0.25, -0.2) is 0 Å². The number of benzene rings is 1. The van der Waals surface area contributed by atoms with Crippen LogP contribution < -0.4 is 10.6 Å². The normalized spacial score (nSPS) is 11.7. The first kappa shape index (κ1) is 17.5. The molecule has 2 amide bonds. The van der Waals surface area contributed by atoms with Gasteiger partial charge in [0.1, 0.15) is 0 Å². The van der Waals surface area contributed by atoms with Crippen LogP contribution in [0, 0.1) is 0 Å². The second-order valence-electron chi connectivity index (χ2n) is 5.18. The highest BCUT2D eigenvalue weighted by molar-refractivity contribution is 7.12. The van der Waals surface area contributed by atoms with E-state index in [2.05, 4.69) is 10.6 Å². The van der Waals surface area contributed by atoms with E-state index in [9.17, 15) is 9.59 Å². The van der Waals surface area contributed by atoms with Gasteiger partial charge in [0.2, 0.25) is 5.91 Å². The maximum absolute atomic E-state index is 11.9. The molecular weight excluding hydrogens is 332 g/mol. The molecule has 0 saturated heterocycles. The molecule has 0 aliphatic rings. The molecule has 0 fully saturated rings. The lowest BCUT2D eigenvalue weighted by Crippen LogP contribution is -2.28. The SMILES string of the molecule is CC(NC(=O)CCCNC(=O)c1cccs1)c1cccc(Cl)c1. The topological polar surface area (TPSA) is 58.2 Å². The van der Waals surface area contributed by atoms with Crippen LogP contribution in [-0.4, -0.2) is 18.4 Å². The van der Waals surface area contributed by atoms with Gasteiger partial charge >= 0.3 is 0 Å². The average molecular weight is 351 g/mol. The summed E-state index contributed by atoms with van der Waals surface area (Å²) in [7, 11) is 0. The van der Waals surface area contributed by atoms with Gasteiger partial charge in [-0.1, -0.05) is 29.8 Å². The zero-order valence-corrected chi connectivity index (χ0v) is 14.4. The molecule has 6 heteroatoms. The molecule has 2 rings (SSSR count). The van der Waals surface area contributed by atoms with Crippen molar-refractivity contribution >= 4 is 34.8 Å². The van der Waals surface area contributed by atoms with Gasteiger partial charge in [-0.3, -0.25) is 9.59 Å². The Balaban J connectivity index is 1.68. The van der Waals surface area contributed by atoms with Crippen molar-refractivity contribution < 1.29 is 9.59 Å². The minimum Gasteiger partial charge on any atom is -0.351 e. The fourth-order valence-electron chi connectivity index (χ4n) is 2.12. The summed E-state index contributed by atoms with van der Waals surface area (Å²) < 4.78 is 0. The standard InChI is InChI=1S/C17H19ClN2O2S/c1-12(13-5-2-6-14(18)11-13)20-16(21)8-3-9-19-17(22)15-7-4-10-23-15/h2,4-7,10-12H,3,8-9H2,1H3,(H,19,22)(H,20,21). The highest BCUT2D eigenvalue weighted by Crippen LogP contribution is 2.17. The highest BCUT2D eigenvalue weighted by Gasteiger charge is 2.10. The molecular formula is C17H19ClN2O2S. The number of thiophene rings is 1. The smallest absolute Gasteiger partial charge is 0.261 e. The summed E-state index contributed by atoms with van der Waals surface area (Å²) in [4.78, 5) is 24.3. The summed E-state index contributed by atoms with van der Waals surface area (Å²) in [5.74, 6) is -0.129. The van der Waals surface area contributed by atoms with E-state index in [-0.39, 0.29) is 17.9 Å². The molecule has 0 saturated carbocycles. The number of hydrogen-bond acceptors (Lipinski definition) is 3. The van der Waals surface area contributed by atoms with E-state index in [0.29, 0.717) is 29.3 Å². The van der Waals surface area contributed by atoms with Gasteiger partial charge in [-0.15, -0.1) is 11.3 Å². The third-order valence-corrected chi connectivity index (χ3v) is 4.44. The van der Waals surface area contributed by atoms with E-state index >= 15 is 0 Å². The highest BCUT2D eigenvalue weighted by atomic mass is 35.5. The predicted molar refractivity (Wildman–Crippen MR) is 93.9 cm³/mol. The largest absolute Gasteiger partial charge is 0.351 e. The number of carbonyl (C=O) groups is 2. The second kappa shape index (κ2) is 8.70. The molecule has 2 aromatic rings. The fraction of sp³-hybridized carbons (Fsp3) is 0.294. The Morgan fingerprint density at radius 1 is 1.26 bits per heavy atom. The van der Waals surface area contributed by atoms with Crippen LogP contribution >= 0.6 is 22.9 Å². The number of rotatable bonds is 7. The minimum atomic E-state index is -0.0955. The van der Waals surface area contributed by atoms with Gasteiger partial charge in [0.05, 0.1) is 10.9 Å². The van der Waals surface area contributed by atoms with E-state index < -0.39 is 0 Å². The van der Waals surface area contributed by atoms with Gasteiger partial charge in [0.25, 0.3) is 5.91 Å². The third kappa shape index (κ3) is 5.69. The summed E-state index contributed by atoms with van der Waals surface area (Å²) in [5, 5.41) is 8.25. The van der Waals surface area contributed by atoms with Crippen molar-refractivity contribution in [1.29, 1.82) is 0 Å². The molecule has 2 N–H and O–H groups in total. The van der Waals surface area contributed by atoms with Gasteiger partial charge in [-0.05, 0) is 42.5 Å². The molecule has 1 aromatic carbocycles. The predicted octanol–water partition coefficient (Wildman–Crippen LogP) is 3.79. The number of carbonyl (C=O) groups excluding carboxylic acids is 2. The Morgan fingerprint density at radius 3 is 2.78 bits per heavy atom. The third-order valence-electron chi connectivity index (χ3n) is 3.34. The maximum Gasteiger partial charge on any atom is 0.261 e. The van der Waals surface area contributed by atoms with E-state index in [1.165, 1.54) is 11.3 Å². The Morgan fingerprint density at radius 2 is 2.09 bits per heavy atom.